The number of carbonyl (C=O) groups excluding carboxylic acids is 1. The lowest BCUT2D eigenvalue weighted by Gasteiger charge is -2.05. The number of benzene rings is 2. The van der Waals surface area contributed by atoms with Crippen molar-refractivity contribution in [2.75, 3.05) is 5.32 Å². The Morgan fingerprint density at radius 3 is 2.59 bits per heavy atom. The average molecular weight is 396 g/mol. The first-order valence-corrected chi connectivity index (χ1v) is 9.98. The van der Waals surface area contributed by atoms with E-state index in [0.717, 1.165) is 34.0 Å². The summed E-state index contributed by atoms with van der Waals surface area (Å²) in [6, 6.07) is 15.5. The zero-order valence-electron chi connectivity index (χ0n) is 14.8. The third-order valence-electron chi connectivity index (χ3n) is 4.41. The van der Waals surface area contributed by atoms with E-state index < -0.39 is 0 Å². The third kappa shape index (κ3) is 3.89. The lowest BCUT2D eigenvalue weighted by atomic mass is 10.1. The second-order valence-corrected chi connectivity index (χ2v) is 7.56. The van der Waals surface area contributed by atoms with Gasteiger partial charge in [-0.25, -0.2) is 4.98 Å². The third-order valence-corrected chi connectivity index (χ3v) is 5.55. The van der Waals surface area contributed by atoms with Crippen LogP contribution in [0.4, 0.5) is 5.69 Å². The van der Waals surface area contributed by atoms with Crippen LogP contribution in [-0.2, 0) is 17.6 Å². The SMILES string of the molecule is CCc1ccc(NC(=O)Cc2csc3nc(-c4ccc(Cl)cc4)cn23)cc1. The molecule has 0 aliphatic rings. The highest BCUT2D eigenvalue weighted by atomic mass is 35.5. The fraction of sp³-hybridized carbons (Fsp3) is 0.143. The summed E-state index contributed by atoms with van der Waals surface area (Å²) >= 11 is 7.49. The second-order valence-electron chi connectivity index (χ2n) is 6.29. The Labute approximate surface area is 166 Å². The van der Waals surface area contributed by atoms with Crippen LogP contribution in [0.1, 0.15) is 18.2 Å². The van der Waals surface area contributed by atoms with Gasteiger partial charge in [-0.3, -0.25) is 9.20 Å². The maximum absolute atomic E-state index is 12.4. The minimum Gasteiger partial charge on any atom is -0.326 e. The van der Waals surface area contributed by atoms with Crippen molar-refractivity contribution in [1.82, 2.24) is 9.38 Å². The Hall–Kier alpha value is -2.63. The van der Waals surface area contributed by atoms with Gasteiger partial charge in [0.25, 0.3) is 0 Å². The molecule has 0 bridgehead atoms. The Kier molecular flexibility index (Phi) is 4.97. The van der Waals surface area contributed by atoms with Crippen molar-refractivity contribution in [3.05, 3.63) is 76.4 Å². The van der Waals surface area contributed by atoms with Gasteiger partial charge in [-0.05, 0) is 36.2 Å². The van der Waals surface area contributed by atoms with Crippen LogP contribution in [0.15, 0.2) is 60.1 Å². The Morgan fingerprint density at radius 1 is 1.15 bits per heavy atom. The van der Waals surface area contributed by atoms with Crippen LogP contribution >= 0.6 is 22.9 Å². The number of thiazole rings is 1. The first-order valence-electron chi connectivity index (χ1n) is 8.72. The number of hydrogen-bond acceptors (Lipinski definition) is 3. The quantitative estimate of drug-likeness (QED) is 0.487. The topological polar surface area (TPSA) is 46.4 Å². The number of amides is 1. The summed E-state index contributed by atoms with van der Waals surface area (Å²) in [7, 11) is 0. The number of rotatable bonds is 5. The van der Waals surface area contributed by atoms with Crippen molar-refractivity contribution in [3.63, 3.8) is 0 Å². The van der Waals surface area contributed by atoms with Gasteiger partial charge in [0.1, 0.15) is 0 Å². The van der Waals surface area contributed by atoms with E-state index in [1.54, 1.807) is 0 Å². The minimum absolute atomic E-state index is 0.0410. The summed E-state index contributed by atoms with van der Waals surface area (Å²) in [6.07, 6.45) is 3.25. The van der Waals surface area contributed by atoms with Crippen LogP contribution in [-0.4, -0.2) is 15.3 Å². The van der Waals surface area contributed by atoms with Gasteiger partial charge in [0, 0.05) is 33.5 Å². The number of aromatic nitrogens is 2. The molecule has 0 spiro atoms. The molecule has 1 N–H and O–H groups in total. The molecule has 27 heavy (non-hydrogen) atoms. The molecule has 4 nitrogen and oxygen atoms in total. The molecule has 6 heteroatoms. The summed E-state index contributed by atoms with van der Waals surface area (Å²) in [4.78, 5) is 18.0. The smallest absolute Gasteiger partial charge is 0.230 e. The molecular weight excluding hydrogens is 378 g/mol. The molecule has 136 valence electrons. The number of halogens is 1. The van der Waals surface area contributed by atoms with Gasteiger partial charge in [0.2, 0.25) is 5.91 Å². The van der Waals surface area contributed by atoms with Crippen molar-refractivity contribution in [2.45, 2.75) is 19.8 Å². The number of imidazole rings is 1. The zero-order chi connectivity index (χ0) is 18.8. The van der Waals surface area contributed by atoms with Gasteiger partial charge in [0.05, 0.1) is 12.1 Å². The van der Waals surface area contributed by atoms with Crippen LogP contribution in [0.5, 0.6) is 0 Å². The first kappa shape index (κ1) is 17.8. The second kappa shape index (κ2) is 7.55. The molecule has 0 aliphatic carbocycles. The van der Waals surface area contributed by atoms with Crippen LogP contribution < -0.4 is 5.32 Å². The summed E-state index contributed by atoms with van der Waals surface area (Å²) < 4.78 is 1.98. The molecule has 4 aromatic rings. The van der Waals surface area contributed by atoms with E-state index >= 15 is 0 Å². The largest absolute Gasteiger partial charge is 0.326 e. The summed E-state index contributed by atoms with van der Waals surface area (Å²) in [5.41, 5.74) is 4.86. The maximum atomic E-state index is 12.4. The van der Waals surface area contributed by atoms with Gasteiger partial charge in [-0.2, -0.15) is 0 Å². The van der Waals surface area contributed by atoms with Crippen molar-refractivity contribution >= 4 is 39.5 Å². The number of anilines is 1. The fourth-order valence-corrected chi connectivity index (χ4v) is 3.91. The lowest BCUT2D eigenvalue weighted by molar-refractivity contribution is -0.115. The van der Waals surface area contributed by atoms with Crippen LogP contribution in [0.25, 0.3) is 16.2 Å². The van der Waals surface area contributed by atoms with E-state index in [-0.39, 0.29) is 5.91 Å². The predicted octanol–water partition coefficient (Wildman–Crippen LogP) is 5.46. The van der Waals surface area contributed by atoms with Crippen molar-refractivity contribution < 1.29 is 4.79 Å². The Bertz CT molecular complexity index is 1080. The molecule has 0 unspecified atom stereocenters. The summed E-state index contributed by atoms with van der Waals surface area (Å²) in [5, 5.41) is 5.64. The van der Waals surface area contributed by atoms with Crippen molar-refractivity contribution in [2.24, 2.45) is 0 Å². The van der Waals surface area contributed by atoms with Crippen molar-refractivity contribution in [1.29, 1.82) is 0 Å². The van der Waals surface area contributed by atoms with E-state index in [0.29, 0.717) is 11.4 Å². The zero-order valence-corrected chi connectivity index (χ0v) is 16.3. The standard InChI is InChI=1S/C21H18ClN3OS/c1-2-14-3-9-17(10-4-14)23-20(26)11-18-13-27-21-24-19(12-25(18)21)15-5-7-16(22)8-6-15/h3-10,12-13H,2,11H2,1H3,(H,23,26). The molecule has 0 atom stereocenters. The summed E-state index contributed by atoms with van der Waals surface area (Å²) in [5.74, 6) is -0.0410. The molecule has 0 saturated carbocycles. The van der Waals surface area contributed by atoms with E-state index in [2.05, 4.69) is 17.2 Å². The maximum Gasteiger partial charge on any atom is 0.230 e. The van der Waals surface area contributed by atoms with Crippen LogP contribution in [0.2, 0.25) is 5.02 Å². The normalized spacial score (nSPS) is 11.0. The molecule has 0 fully saturated rings. The molecule has 2 aromatic heterocycles. The Morgan fingerprint density at radius 2 is 1.89 bits per heavy atom. The van der Waals surface area contributed by atoms with Gasteiger partial charge >= 0.3 is 0 Å². The minimum atomic E-state index is -0.0410. The molecule has 1 amide bonds. The highest BCUT2D eigenvalue weighted by Crippen LogP contribution is 2.25. The number of carbonyl (C=O) groups is 1. The van der Waals surface area contributed by atoms with Gasteiger partial charge in [-0.1, -0.05) is 42.8 Å². The highest BCUT2D eigenvalue weighted by Gasteiger charge is 2.13. The lowest BCUT2D eigenvalue weighted by Crippen LogP contribution is -2.15. The summed E-state index contributed by atoms with van der Waals surface area (Å²) in [6.45, 7) is 2.11. The molecule has 4 rings (SSSR count). The van der Waals surface area contributed by atoms with Gasteiger partial charge in [0.15, 0.2) is 4.96 Å². The number of hydrogen-bond donors (Lipinski definition) is 1. The molecule has 0 radical (unpaired) electrons. The fourth-order valence-electron chi connectivity index (χ4n) is 2.91. The average Bonchev–Trinajstić information content (AvgIpc) is 3.25. The molecule has 0 saturated heterocycles. The molecule has 2 aromatic carbocycles. The van der Waals surface area contributed by atoms with Crippen LogP contribution in [0, 0.1) is 0 Å². The first-order chi connectivity index (χ1) is 13.1. The van der Waals surface area contributed by atoms with Crippen molar-refractivity contribution in [3.8, 4) is 11.3 Å². The number of nitrogens with one attached hydrogen (secondary N) is 1. The molecule has 0 aliphatic heterocycles. The van der Waals surface area contributed by atoms with Gasteiger partial charge < -0.3 is 5.32 Å². The highest BCUT2D eigenvalue weighted by molar-refractivity contribution is 7.15. The Balaban J connectivity index is 1.51. The predicted molar refractivity (Wildman–Crippen MR) is 112 cm³/mol. The number of fused-ring (bicyclic) bond motifs is 1. The molecule has 2 heterocycles. The van der Waals surface area contributed by atoms with Crippen LogP contribution in [0.3, 0.4) is 0 Å². The van der Waals surface area contributed by atoms with E-state index in [9.17, 15) is 4.79 Å². The number of nitrogens with zero attached hydrogens (tertiary/aromatic N) is 2. The van der Waals surface area contributed by atoms with E-state index in [4.69, 9.17) is 11.6 Å². The monoisotopic (exact) mass is 395 g/mol. The number of aryl methyl sites for hydroxylation is 1. The molecular formula is C21H18ClN3OS. The van der Waals surface area contributed by atoms with E-state index in [1.807, 2.05) is 64.5 Å². The van der Waals surface area contributed by atoms with E-state index in [1.165, 1.54) is 16.9 Å². The van der Waals surface area contributed by atoms with Gasteiger partial charge in [-0.15, -0.1) is 11.3 Å².